The number of piperidine rings is 1. The Bertz CT molecular complexity index is 1160. The lowest BCUT2D eigenvalue weighted by Crippen LogP contribution is -2.43. The fraction of sp³-hybridized carbons (Fsp3) is 0.348. The minimum Gasteiger partial charge on any atom is -0.481 e. The van der Waals surface area contributed by atoms with Gasteiger partial charge < -0.3 is 15.0 Å². The Morgan fingerprint density at radius 3 is 2.76 bits per heavy atom. The van der Waals surface area contributed by atoms with Gasteiger partial charge in [-0.3, -0.25) is 19.7 Å². The van der Waals surface area contributed by atoms with Crippen LogP contribution in [0.5, 0.6) is 5.88 Å². The van der Waals surface area contributed by atoms with Crippen molar-refractivity contribution < 1.29 is 14.3 Å². The molecule has 0 saturated carbocycles. The molecule has 0 unspecified atom stereocenters. The predicted molar refractivity (Wildman–Crippen MR) is 123 cm³/mol. The molecule has 1 aliphatic heterocycles. The molecule has 10 heteroatoms. The summed E-state index contributed by atoms with van der Waals surface area (Å²) >= 11 is 6.24. The molecule has 0 spiro atoms. The topological polar surface area (TPSA) is 113 Å². The first-order valence-electron chi connectivity index (χ1n) is 10.7. The second-order valence-electron chi connectivity index (χ2n) is 7.98. The third-order valence-electron chi connectivity index (χ3n) is 5.70. The number of hydrogen-bond donors (Lipinski definition) is 2. The number of aromatic nitrogens is 4. The number of amides is 2. The molecule has 4 heterocycles. The van der Waals surface area contributed by atoms with E-state index >= 15 is 0 Å². The molecule has 0 bridgehead atoms. The summed E-state index contributed by atoms with van der Waals surface area (Å²) in [7, 11) is 1.52. The lowest BCUT2D eigenvalue weighted by molar-refractivity contribution is -0.126. The smallest absolute Gasteiger partial charge is 0.274 e. The summed E-state index contributed by atoms with van der Waals surface area (Å²) in [4.78, 5) is 35.5. The molecule has 33 heavy (non-hydrogen) atoms. The Kier molecular flexibility index (Phi) is 6.88. The third-order valence-corrected chi connectivity index (χ3v) is 6.00. The quantitative estimate of drug-likeness (QED) is 0.575. The Morgan fingerprint density at radius 1 is 1.24 bits per heavy atom. The normalized spacial score (nSPS) is 14.2. The van der Waals surface area contributed by atoms with Gasteiger partial charge in [-0.25, -0.2) is 4.98 Å². The van der Waals surface area contributed by atoms with Crippen LogP contribution in [0.3, 0.4) is 0 Å². The first-order chi connectivity index (χ1) is 15.9. The van der Waals surface area contributed by atoms with Gasteiger partial charge in [0, 0.05) is 36.8 Å². The van der Waals surface area contributed by atoms with E-state index in [1.54, 1.807) is 23.2 Å². The number of rotatable bonds is 6. The van der Waals surface area contributed by atoms with Crippen molar-refractivity contribution in [2.75, 3.05) is 20.2 Å². The van der Waals surface area contributed by atoms with Gasteiger partial charge in [0.15, 0.2) is 5.69 Å². The molecule has 0 radical (unpaired) electrons. The number of methoxy groups -OCH3 is 1. The van der Waals surface area contributed by atoms with E-state index < -0.39 is 0 Å². The van der Waals surface area contributed by atoms with E-state index in [4.69, 9.17) is 16.3 Å². The Morgan fingerprint density at radius 2 is 2.03 bits per heavy atom. The SMILES string of the molecule is COc1cc(-c2cc(C(=O)N3CCC(C(=O)NCc4cc(C)ccn4)CC3)n[nH]2)c(Cl)cn1. The van der Waals surface area contributed by atoms with Crippen LogP contribution in [0.15, 0.2) is 36.7 Å². The van der Waals surface area contributed by atoms with E-state index in [1.165, 1.54) is 13.3 Å². The van der Waals surface area contributed by atoms with Crippen molar-refractivity contribution in [3.05, 3.63) is 58.6 Å². The van der Waals surface area contributed by atoms with Gasteiger partial charge in [-0.1, -0.05) is 11.6 Å². The fourth-order valence-electron chi connectivity index (χ4n) is 3.83. The van der Waals surface area contributed by atoms with Crippen LogP contribution in [0.25, 0.3) is 11.3 Å². The van der Waals surface area contributed by atoms with Crippen molar-refractivity contribution in [1.29, 1.82) is 0 Å². The van der Waals surface area contributed by atoms with E-state index in [2.05, 4.69) is 25.5 Å². The van der Waals surface area contributed by atoms with E-state index in [1.807, 2.05) is 19.1 Å². The molecule has 3 aromatic heterocycles. The molecule has 9 nitrogen and oxygen atoms in total. The lowest BCUT2D eigenvalue weighted by Gasteiger charge is -2.30. The molecule has 1 saturated heterocycles. The number of carbonyl (C=O) groups is 2. The van der Waals surface area contributed by atoms with Crippen LogP contribution < -0.4 is 10.1 Å². The minimum atomic E-state index is -0.183. The summed E-state index contributed by atoms with van der Waals surface area (Å²) in [5, 5.41) is 10.4. The zero-order valence-corrected chi connectivity index (χ0v) is 19.2. The van der Waals surface area contributed by atoms with Crippen LogP contribution in [-0.2, 0) is 11.3 Å². The molecule has 0 aliphatic carbocycles. The molecule has 0 aromatic carbocycles. The molecule has 0 atom stereocenters. The summed E-state index contributed by atoms with van der Waals surface area (Å²) in [5.41, 5.74) is 3.48. The molecule has 1 fully saturated rings. The van der Waals surface area contributed by atoms with Gasteiger partial charge in [0.25, 0.3) is 5.91 Å². The lowest BCUT2D eigenvalue weighted by atomic mass is 9.95. The Labute approximate surface area is 196 Å². The number of carbonyl (C=O) groups excluding carboxylic acids is 2. The second-order valence-corrected chi connectivity index (χ2v) is 8.39. The van der Waals surface area contributed by atoms with Gasteiger partial charge in [0.05, 0.1) is 36.3 Å². The van der Waals surface area contributed by atoms with Crippen molar-refractivity contribution in [3.8, 4) is 17.1 Å². The number of H-pyrrole nitrogens is 1. The van der Waals surface area contributed by atoms with Crippen molar-refractivity contribution in [1.82, 2.24) is 30.4 Å². The average molecular weight is 469 g/mol. The van der Waals surface area contributed by atoms with Gasteiger partial charge in [-0.05, 0) is 43.5 Å². The molecule has 4 rings (SSSR count). The van der Waals surface area contributed by atoms with Gasteiger partial charge in [0.2, 0.25) is 11.8 Å². The molecule has 3 aromatic rings. The summed E-state index contributed by atoms with van der Waals surface area (Å²) in [6.45, 7) is 3.37. The van der Waals surface area contributed by atoms with Crippen LogP contribution in [-0.4, -0.2) is 57.1 Å². The highest BCUT2D eigenvalue weighted by molar-refractivity contribution is 6.33. The van der Waals surface area contributed by atoms with E-state index in [9.17, 15) is 9.59 Å². The van der Waals surface area contributed by atoms with Crippen LogP contribution in [0.4, 0.5) is 0 Å². The summed E-state index contributed by atoms with van der Waals surface area (Å²) in [5.74, 6) is 0.0956. The van der Waals surface area contributed by atoms with Crippen LogP contribution >= 0.6 is 11.6 Å². The highest BCUT2D eigenvalue weighted by atomic mass is 35.5. The third kappa shape index (κ3) is 5.31. The Hall–Kier alpha value is -3.46. The largest absolute Gasteiger partial charge is 0.481 e. The van der Waals surface area contributed by atoms with Crippen molar-refractivity contribution in [2.45, 2.75) is 26.3 Å². The van der Waals surface area contributed by atoms with Crippen LogP contribution in [0.1, 0.15) is 34.6 Å². The number of aryl methyl sites for hydroxylation is 1. The van der Waals surface area contributed by atoms with E-state index in [0.29, 0.717) is 60.3 Å². The number of nitrogens with zero attached hydrogens (tertiary/aromatic N) is 4. The zero-order chi connectivity index (χ0) is 23.4. The first kappa shape index (κ1) is 22.7. The van der Waals surface area contributed by atoms with Gasteiger partial charge in [-0.2, -0.15) is 5.10 Å². The van der Waals surface area contributed by atoms with Crippen molar-refractivity contribution in [2.24, 2.45) is 5.92 Å². The van der Waals surface area contributed by atoms with Gasteiger partial charge >= 0.3 is 0 Å². The van der Waals surface area contributed by atoms with E-state index in [-0.39, 0.29) is 17.7 Å². The summed E-state index contributed by atoms with van der Waals surface area (Å²) in [6, 6.07) is 7.22. The van der Waals surface area contributed by atoms with Crippen LogP contribution in [0, 0.1) is 12.8 Å². The van der Waals surface area contributed by atoms with Crippen LogP contribution in [0.2, 0.25) is 5.02 Å². The second kappa shape index (κ2) is 9.99. The van der Waals surface area contributed by atoms with Gasteiger partial charge in [-0.15, -0.1) is 0 Å². The van der Waals surface area contributed by atoms with Gasteiger partial charge in [0.1, 0.15) is 0 Å². The number of halogens is 1. The number of nitrogens with one attached hydrogen (secondary N) is 2. The highest BCUT2D eigenvalue weighted by Gasteiger charge is 2.29. The number of ether oxygens (including phenoxy) is 1. The first-order valence-corrected chi connectivity index (χ1v) is 11.1. The Balaban J connectivity index is 1.33. The summed E-state index contributed by atoms with van der Waals surface area (Å²) in [6.07, 6.45) is 4.43. The maximum atomic E-state index is 12.9. The fourth-order valence-corrected chi connectivity index (χ4v) is 4.04. The highest BCUT2D eigenvalue weighted by Crippen LogP contribution is 2.29. The van der Waals surface area contributed by atoms with E-state index in [0.717, 1.165) is 11.3 Å². The number of aromatic amines is 1. The zero-order valence-electron chi connectivity index (χ0n) is 18.5. The monoisotopic (exact) mass is 468 g/mol. The molecular formula is C23H25ClN6O3. The number of hydrogen-bond acceptors (Lipinski definition) is 6. The number of likely N-dealkylation sites (tertiary alicyclic amines) is 1. The minimum absolute atomic E-state index is 0.00580. The molecule has 2 N–H and O–H groups in total. The molecular weight excluding hydrogens is 444 g/mol. The maximum Gasteiger partial charge on any atom is 0.274 e. The predicted octanol–water partition coefficient (Wildman–Crippen LogP) is 3.01. The average Bonchev–Trinajstić information content (AvgIpc) is 3.32. The molecule has 172 valence electrons. The van der Waals surface area contributed by atoms with Crippen molar-refractivity contribution in [3.63, 3.8) is 0 Å². The standard InChI is InChI=1S/C23H25ClN6O3/c1-14-3-6-25-16(9-14)12-27-22(31)15-4-7-30(8-5-15)23(32)20-11-19(28-29-20)17-10-21(33-2)26-13-18(17)24/h3,6,9-11,13,15H,4-5,7-8,12H2,1-2H3,(H,27,31)(H,28,29). The maximum absolute atomic E-state index is 12.9. The van der Waals surface area contributed by atoms with Crippen molar-refractivity contribution >= 4 is 23.4 Å². The summed E-state index contributed by atoms with van der Waals surface area (Å²) < 4.78 is 5.14. The molecule has 2 amide bonds. The number of pyridine rings is 2. The molecule has 1 aliphatic rings.